The fourth-order valence-electron chi connectivity index (χ4n) is 10.9. The van der Waals surface area contributed by atoms with Crippen LogP contribution in [0.2, 0.25) is 0 Å². The Labute approximate surface area is 501 Å². The SMILES string of the molecule is CC(C)C[C@@H]1NC(=O)[C@@H]2CCCN2C(=O)[C@@H](CC(C)C)NC(=O)[C@@H](CCCCN)NC(=O)[C@@H](CC(C)C)NC(=O)[C@H](CC(C)C)NC(=O)[C@@H]2CCCN2C(=O)[C@@H](CC(C)C)NC(=O)[C@@H](CCCCN)NC(=O)[C@@H](CC(C)C)NC1=O.Cl.Cl. The van der Waals surface area contributed by atoms with Gasteiger partial charge in [-0.1, -0.05) is 83.1 Å². The first-order valence-electron chi connectivity index (χ1n) is 30.1. The molecule has 82 heavy (non-hydrogen) atoms. The van der Waals surface area contributed by atoms with Gasteiger partial charge >= 0.3 is 0 Å². The van der Waals surface area contributed by atoms with Crippen molar-refractivity contribution in [1.29, 1.82) is 0 Å². The van der Waals surface area contributed by atoms with Gasteiger partial charge < -0.3 is 63.8 Å². The second-order valence-corrected chi connectivity index (χ2v) is 25.2. The van der Waals surface area contributed by atoms with Gasteiger partial charge in [0.1, 0.15) is 60.4 Å². The zero-order chi connectivity index (χ0) is 60.0. The highest BCUT2D eigenvalue weighted by Gasteiger charge is 2.43. The molecule has 10 amide bonds. The highest BCUT2D eigenvalue weighted by atomic mass is 35.5. The number of unbranched alkanes of at least 4 members (excludes halogenated alkanes) is 2. The number of nitrogens with one attached hydrogen (secondary N) is 8. The molecule has 0 aromatic carbocycles. The van der Waals surface area contributed by atoms with Gasteiger partial charge in [0.05, 0.1) is 0 Å². The van der Waals surface area contributed by atoms with Crippen LogP contribution >= 0.6 is 24.8 Å². The van der Waals surface area contributed by atoms with Gasteiger partial charge in [-0.05, 0) is 151 Å². The van der Waals surface area contributed by atoms with E-state index in [0.717, 1.165) is 0 Å². The molecule has 24 heteroatoms. The fourth-order valence-corrected chi connectivity index (χ4v) is 10.9. The predicted molar refractivity (Wildman–Crippen MR) is 322 cm³/mol. The summed E-state index contributed by atoms with van der Waals surface area (Å²) in [6.45, 7) is 23.8. The molecule has 0 radical (unpaired) electrons. The lowest BCUT2D eigenvalue weighted by Gasteiger charge is -2.33. The number of hydrogen-bond acceptors (Lipinski definition) is 12. The summed E-state index contributed by atoms with van der Waals surface area (Å²) in [4.78, 5) is 148. The largest absolute Gasteiger partial charge is 0.343 e. The second-order valence-electron chi connectivity index (χ2n) is 25.2. The van der Waals surface area contributed by atoms with E-state index in [-0.39, 0.29) is 138 Å². The van der Waals surface area contributed by atoms with E-state index in [1.807, 2.05) is 83.1 Å². The lowest BCUT2D eigenvalue weighted by Crippen LogP contribution is -2.61. The Morgan fingerprint density at radius 1 is 0.341 bits per heavy atom. The number of amides is 10. The van der Waals surface area contributed by atoms with Crippen molar-refractivity contribution >= 4 is 83.9 Å². The predicted octanol–water partition coefficient (Wildman–Crippen LogP) is 3.24. The maximum atomic E-state index is 14.7. The highest BCUT2D eigenvalue weighted by Crippen LogP contribution is 2.24. The van der Waals surface area contributed by atoms with Gasteiger partial charge in [-0.3, -0.25) is 47.9 Å². The maximum Gasteiger partial charge on any atom is 0.245 e. The van der Waals surface area contributed by atoms with Crippen molar-refractivity contribution in [3.63, 3.8) is 0 Å². The molecule has 3 fully saturated rings. The Hall–Kier alpha value is -4.80. The van der Waals surface area contributed by atoms with Crippen molar-refractivity contribution in [3.8, 4) is 0 Å². The molecule has 3 saturated heterocycles. The minimum Gasteiger partial charge on any atom is -0.343 e. The highest BCUT2D eigenvalue weighted by molar-refractivity contribution is 6.00. The zero-order valence-electron chi connectivity index (χ0n) is 51.3. The lowest BCUT2D eigenvalue weighted by atomic mass is 9.98. The quantitative estimate of drug-likeness (QED) is 0.0786. The first kappa shape index (κ1) is 75.2. The summed E-state index contributed by atoms with van der Waals surface area (Å²) in [5, 5.41) is 23.1. The second kappa shape index (κ2) is 37.5. The number of nitrogens with zero attached hydrogens (tertiary/aromatic N) is 2. The number of fused-ring (bicyclic) bond motifs is 2. The van der Waals surface area contributed by atoms with E-state index in [2.05, 4.69) is 42.5 Å². The van der Waals surface area contributed by atoms with E-state index in [9.17, 15) is 47.9 Å². The number of halogens is 2. The summed E-state index contributed by atoms with van der Waals surface area (Å²) in [7, 11) is 0. The summed E-state index contributed by atoms with van der Waals surface area (Å²) in [5.74, 6) is -6.53. The molecule has 22 nitrogen and oxygen atoms in total. The standard InChI is InChI=1S/C58H104N12O10.2ClH/c1-33(2)27-41-51(73)61-39(19-13-15-23-59)49(71)67-45(31-37(9)10)57(79)70-26-18-22-48(70)56(78)66-44(30-36(7)8)54(76)64-42(28-34(3)4)52(74)62-40(20-14-16-24-60)50(72)68-46(32-38(11)12)58(80)69-25-17-21-47(69)55(77)65-43(29-35(5)6)53(75)63-41;;/h33-48H,13-32,59-60H2,1-12H3,(H,61,73)(H,62,74)(H,63,75)(H,64,76)(H,65,77)(H,66,78)(H,67,71)(H,68,72);2*1H/t39-,40-,41-,42-,43+,44+,45-,46-,47+,48+;;/m1../s1. The molecule has 0 unspecified atom stereocenters. The van der Waals surface area contributed by atoms with Gasteiger partial charge in [0.2, 0.25) is 59.1 Å². The molecule has 12 N–H and O–H groups in total. The molecule has 10 atom stereocenters. The molecule has 0 spiro atoms. The summed E-state index contributed by atoms with van der Waals surface area (Å²) in [5.41, 5.74) is 11.7. The smallest absolute Gasteiger partial charge is 0.245 e. The first-order valence-corrected chi connectivity index (χ1v) is 30.1. The average Bonchev–Trinajstić information content (AvgIpc) is 4.08. The number of nitrogens with two attached hydrogens (primary N) is 2. The monoisotopic (exact) mass is 1200 g/mol. The lowest BCUT2D eigenvalue weighted by molar-refractivity contribution is -0.143. The van der Waals surface area contributed by atoms with E-state index in [1.165, 1.54) is 9.80 Å². The van der Waals surface area contributed by atoms with E-state index < -0.39 is 119 Å². The topological polar surface area (TPSA) is 325 Å². The van der Waals surface area contributed by atoms with Crippen molar-refractivity contribution in [3.05, 3.63) is 0 Å². The molecule has 3 rings (SSSR count). The van der Waals surface area contributed by atoms with Crippen molar-refractivity contribution in [2.75, 3.05) is 26.2 Å². The molecule has 472 valence electrons. The van der Waals surface area contributed by atoms with E-state index >= 15 is 0 Å². The van der Waals surface area contributed by atoms with Crippen molar-refractivity contribution in [1.82, 2.24) is 52.3 Å². The minimum atomic E-state index is -1.15. The summed E-state index contributed by atoms with van der Waals surface area (Å²) in [6.07, 6.45) is 4.93. The molecule has 3 aliphatic rings. The van der Waals surface area contributed by atoms with Crippen LogP contribution in [0, 0.1) is 35.5 Å². The normalized spacial score (nSPS) is 26.5. The molecular formula is C58H106Cl2N12O10. The van der Waals surface area contributed by atoms with Gasteiger partial charge in [0.15, 0.2) is 0 Å². The molecular weight excluding hydrogens is 1100 g/mol. The van der Waals surface area contributed by atoms with Crippen LogP contribution in [0.5, 0.6) is 0 Å². The van der Waals surface area contributed by atoms with E-state index in [4.69, 9.17) is 11.5 Å². The van der Waals surface area contributed by atoms with Gasteiger partial charge in [0, 0.05) is 13.1 Å². The van der Waals surface area contributed by atoms with Crippen LogP contribution in [0.25, 0.3) is 0 Å². The minimum absolute atomic E-state index is 0. The molecule has 0 aromatic rings. The Morgan fingerprint density at radius 2 is 0.561 bits per heavy atom. The number of carbonyl (C=O) groups is 10. The Morgan fingerprint density at radius 3 is 0.817 bits per heavy atom. The number of hydrogen-bond donors (Lipinski definition) is 10. The van der Waals surface area contributed by atoms with Gasteiger partial charge in [-0.2, -0.15) is 0 Å². The van der Waals surface area contributed by atoms with Crippen LogP contribution in [0.3, 0.4) is 0 Å². The van der Waals surface area contributed by atoms with Crippen molar-refractivity contribution in [2.45, 2.75) is 246 Å². The van der Waals surface area contributed by atoms with Crippen LogP contribution in [-0.2, 0) is 47.9 Å². The van der Waals surface area contributed by atoms with Crippen molar-refractivity contribution in [2.24, 2.45) is 47.0 Å². The van der Waals surface area contributed by atoms with Crippen LogP contribution in [0.15, 0.2) is 0 Å². The first-order chi connectivity index (χ1) is 37.7. The molecule has 0 aliphatic carbocycles. The van der Waals surface area contributed by atoms with Gasteiger partial charge in [0.25, 0.3) is 0 Å². The third kappa shape index (κ3) is 24.8. The molecule has 0 bridgehead atoms. The summed E-state index contributed by atoms with van der Waals surface area (Å²) >= 11 is 0. The van der Waals surface area contributed by atoms with Crippen LogP contribution < -0.4 is 54.0 Å². The fraction of sp³-hybridized carbons (Fsp3) is 0.828. The number of rotatable bonds is 20. The Balaban J connectivity index is 0.0000168. The van der Waals surface area contributed by atoms with Crippen molar-refractivity contribution < 1.29 is 47.9 Å². The Kier molecular flexibility index (Phi) is 34.4. The van der Waals surface area contributed by atoms with Crippen LogP contribution in [-0.4, -0.2) is 155 Å². The molecule has 3 heterocycles. The maximum absolute atomic E-state index is 14.7. The zero-order valence-corrected chi connectivity index (χ0v) is 53.0. The molecule has 0 saturated carbocycles. The van der Waals surface area contributed by atoms with Crippen LogP contribution in [0.4, 0.5) is 0 Å². The third-order valence-electron chi connectivity index (χ3n) is 14.8. The number of carbonyl (C=O) groups excluding carboxylic acids is 10. The average molecular weight is 1200 g/mol. The van der Waals surface area contributed by atoms with E-state index in [0.29, 0.717) is 51.6 Å². The summed E-state index contributed by atoms with van der Waals surface area (Å²) in [6, 6.07) is -11.0. The molecule has 3 aliphatic heterocycles. The van der Waals surface area contributed by atoms with Gasteiger partial charge in [-0.15, -0.1) is 24.8 Å². The third-order valence-corrected chi connectivity index (χ3v) is 14.8. The Bertz CT molecular complexity index is 1940. The van der Waals surface area contributed by atoms with Gasteiger partial charge in [-0.25, -0.2) is 0 Å². The molecule has 0 aromatic heterocycles. The van der Waals surface area contributed by atoms with E-state index in [1.54, 1.807) is 0 Å². The van der Waals surface area contributed by atoms with Crippen LogP contribution in [0.1, 0.15) is 186 Å². The summed E-state index contributed by atoms with van der Waals surface area (Å²) < 4.78 is 0.